The predicted molar refractivity (Wildman–Crippen MR) is 172 cm³/mol. The fourth-order valence-electron chi connectivity index (χ4n) is 4.63. The van der Waals surface area contributed by atoms with Crippen LogP contribution in [0.1, 0.15) is 25.0 Å². The lowest BCUT2D eigenvalue weighted by Crippen LogP contribution is -2.54. The first-order valence-corrected chi connectivity index (χ1v) is 16.1. The maximum Gasteiger partial charge on any atom is 0.264 e. The first-order chi connectivity index (χ1) is 21.0. The molecule has 1 atom stereocenters. The number of carbonyl (C=O) groups excluding carboxylic acids is 2. The summed E-state index contributed by atoms with van der Waals surface area (Å²) in [5.41, 5.74) is 1.03. The zero-order valence-electron chi connectivity index (χ0n) is 24.2. The third kappa shape index (κ3) is 8.16. The molecule has 0 bridgehead atoms. The zero-order valence-corrected chi connectivity index (χ0v) is 26.5. The molecule has 4 aromatic rings. The number of benzene rings is 4. The van der Waals surface area contributed by atoms with Crippen molar-refractivity contribution in [3.05, 3.63) is 130 Å². The van der Waals surface area contributed by atoms with Gasteiger partial charge in [-0.05, 0) is 55.8 Å². The van der Waals surface area contributed by atoms with Gasteiger partial charge < -0.3 is 10.2 Å². The fourth-order valence-corrected chi connectivity index (χ4v) is 6.35. The molecule has 0 saturated carbocycles. The Balaban J connectivity index is 1.82. The van der Waals surface area contributed by atoms with Crippen molar-refractivity contribution in [2.45, 2.75) is 43.8 Å². The van der Waals surface area contributed by atoms with Crippen LogP contribution in [0.3, 0.4) is 0 Å². The Morgan fingerprint density at radius 1 is 0.841 bits per heavy atom. The van der Waals surface area contributed by atoms with Gasteiger partial charge >= 0.3 is 0 Å². The third-order valence-corrected chi connectivity index (χ3v) is 9.33. The van der Waals surface area contributed by atoms with E-state index in [2.05, 4.69) is 5.32 Å². The molecule has 230 valence electrons. The van der Waals surface area contributed by atoms with Gasteiger partial charge in [-0.3, -0.25) is 13.9 Å². The first-order valence-electron chi connectivity index (χ1n) is 13.9. The van der Waals surface area contributed by atoms with Crippen LogP contribution in [0, 0.1) is 5.82 Å². The van der Waals surface area contributed by atoms with Gasteiger partial charge in [-0.1, -0.05) is 89.9 Å². The summed E-state index contributed by atoms with van der Waals surface area (Å²) >= 11 is 12.4. The van der Waals surface area contributed by atoms with Crippen molar-refractivity contribution in [1.29, 1.82) is 0 Å². The molecule has 2 amide bonds. The van der Waals surface area contributed by atoms with Crippen molar-refractivity contribution < 1.29 is 22.4 Å². The number of nitrogens with zero attached hydrogens (tertiary/aromatic N) is 2. The summed E-state index contributed by atoms with van der Waals surface area (Å²) in [4.78, 5) is 29.2. The highest BCUT2D eigenvalue weighted by Gasteiger charge is 2.35. The predicted octanol–water partition coefficient (Wildman–Crippen LogP) is 6.49. The highest BCUT2D eigenvalue weighted by Crippen LogP contribution is 2.31. The number of carbonyl (C=O) groups is 2. The second-order valence-corrected chi connectivity index (χ2v) is 13.1. The average molecular weight is 657 g/mol. The molecule has 11 heteroatoms. The number of hydrogen-bond donors (Lipinski definition) is 1. The van der Waals surface area contributed by atoms with Crippen LogP contribution < -0.4 is 9.62 Å². The van der Waals surface area contributed by atoms with E-state index in [0.29, 0.717) is 0 Å². The van der Waals surface area contributed by atoms with E-state index in [-0.39, 0.29) is 45.2 Å². The second kappa shape index (κ2) is 14.7. The maximum atomic E-state index is 15.0. The number of anilines is 1. The van der Waals surface area contributed by atoms with Crippen LogP contribution in [0.2, 0.25) is 10.0 Å². The van der Waals surface area contributed by atoms with Crippen molar-refractivity contribution >= 4 is 50.7 Å². The summed E-state index contributed by atoms with van der Waals surface area (Å²) in [5, 5.41) is 3.15. The normalized spacial score (nSPS) is 12.0. The van der Waals surface area contributed by atoms with Gasteiger partial charge in [0.2, 0.25) is 11.8 Å². The Morgan fingerprint density at radius 2 is 1.45 bits per heavy atom. The number of rotatable bonds is 12. The topological polar surface area (TPSA) is 86.8 Å². The molecule has 4 aromatic carbocycles. The molecule has 0 aliphatic rings. The zero-order chi connectivity index (χ0) is 31.9. The van der Waals surface area contributed by atoms with Crippen molar-refractivity contribution in [3.8, 4) is 0 Å². The Morgan fingerprint density at radius 3 is 2.07 bits per heavy atom. The second-order valence-electron chi connectivity index (χ2n) is 10.4. The van der Waals surface area contributed by atoms with Crippen LogP contribution >= 0.6 is 23.2 Å². The minimum absolute atomic E-state index is 0.0575. The average Bonchev–Trinajstić information content (AvgIpc) is 3.00. The molecule has 0 saturated heterocycles. The molecule has 0 spiro atoms. The molecule has 44 heavy (non-hydrogen) atoms. The van der Waals surface area contributed by atoms with Crippen molar-refractivity contribution in [2.24, 2.45) is 0 Å². The van der Waals surface area contributed by atoms with E-state index in [4.69, 9.17) is 23.2 Å². The monoisotopic (exact) mass is 655 g/mol. The molecule has 0 heterocycles. The van der Waals surface area contributed by atoms with E-state index in [1.165, 1.54) is 53.4 Å². The summed E-state index contributed by atoms with van der Waals surface area (Å²) in [5.74, 6) is -1.74. The van der Waals surface area contributed by atoms with E-state index in [9.17, 15) is 22.4 Å². The highest BCUT2D eigenvalue weighted by atomic mass is 35.5. The summed E-state index contributed by atoms with van der Waals surface area (Å²) in [7, 11) is -4.31. The molecule has 1 N–H and O–H groups in total. The lowest BCUT2D eigenvalue weighted by atomic mass is 10.0. The van der Waals surface area contributed by atoms with Crippen LogP contribution in [-0.4, -0.2) is 43.8 Å². The molecule has 0 aliphatic heterocycles. The fraction of sp³-hybridized carbons (Fsp3) is 0.212. The van der Waals surface area contributed by atoms with E-state index < -0.39 is 40.2 Å². The molecule has 0 fully saturated rings. The van der Waals surface area contributed by atoms with Gasteiger partial charge in [-0.2, -0.15) is 0 Å². The first kappa shape index (κ1) is 33.0. The Labute approximate surface area is 267 Å². The third-order valence-electron chi connectivity index (χ3n) is 6.80. The molecule has 1 unspecified atom stereocenters. The Kier molecular flexibility index (Phi) is 11.0. The van der Waals surface area contributed by atoms with E-state index in [1.807, 2.05) is 30.3 Å². The highest BCUT2D eigenvalue weighted by molar-refractivity contribution is 7.92. The molecule has 0 radical (unpaired) electrons. The van der Waals surface area contributed by atoms with Gasteiger partial charge in [0, 0.05) is 24.6 Å². The van der Waals surface area contributed by atoms with Gasteiger partial charge in [0.15, 0.2) is 0 Å². The summed E-state index contributed by atoms with van der Waals surface area (Å²) < 4.78 is 43.8. The van der Waals surface area contributed by atoms with Gasteiger partial charge in [-0.15, -0.1) is 0 Å². The van der Waals surface area contributed by atoms with Crippen LogP contribution in [0.25, 0.3) is 0 Å². The van der Waals surface area contributed by atoms with Crippen LogP contribution in [0.5, 0.6) is 0 Å². The number of amides is 2. The van der Waals surface area contributed by atoms with Crippen LogP contribution in [0.4, 0.5) is 10.1 Å². The molecular formula is C33H32Cl2FN3O4S. The standard InChI is InChI=1S/C33H32Cl2FN3O4S/c1-23(2)37-33(41)31(19-24-11-5-3-6-12-24)38(21-25-13-9-10-16-30(25)36)32(40)22-39(26-17-18-28(34)29(35)20-26)44(42,43)27-14-7-4-8-15-27/h3-18,20,23,31H,19,21-22H2,1-2H3,(H,37,41). The molecule has 7 nitrogen and oxygen atoms in total. The largest absolute Gasteiger partial charge is 0.352 e. The lowest BCUT2D eigenvalue weighted by molar-refractivity contribution is -0.140. The van der Waals surface area contributed by atoms with Crippen LogP contribution in [-0.2, 0) is 32.6 Å². The van der Waals surface area contributed by atoms with E-state index in [0.717, 1.165) is 9.87 Å². The Bertz CT molecular complexity index is 1710. The Hall–Kier alpha value is -3.92. The van der Waals surface area contributed by atoms with E-state index in [1.54, 1.807) is 38.1 Å². The van der Waals surface area contributed by atoms with Gasteiger partial charge in [0.05, 0.1) is 20.6 Å². The SMILES string of the molecule is CC(C)NC(=O)C(Cc1ccccc1)N(Cc1ccccc1F)C(=O)CN(c1ccc(Cl)c(Cl)c1)S(=O)(=O)c1ccccc1. The van der Waals surface area contributed by atoms with Crippen LogP contribution in [0.15, 0.2) is 108 Å². The molecule has 0 aromatic heterocycles. The van der Waals surface area contributed by atoms with Gasteiger partial charge in [-0.25, -0.2) is 12.8 Å². The van der Waals surface area contributed by atoms with Gasteiger partial charge in [0.25, 0.3) is 10.0 Å². The summed E-state index contributed by atoms with van der Waals surface area (Å²) in [6.45, 7) is 2.59. The van der Waals surface area contributed by atoms with Crippen molar-refractivity contribution in [2.75, 3.05) is 10.8 Å². The summed E-state index contributed by atoms with van der Waals surface area (Å²) in [6, 6.07) is 25.6. The number of nitrogens with one attached hydrogen (secondary N) is 1. The van der Waals surface area contributed by atoms with Gasteiger partial charge in [0.1, 0.15) is 18.4 Å². The van der Waals surface area contributed by atoms with Crippen molar-refractivity contribution in [1.82, 2.24) is 10.2 Å². The smallest absolute Gasteiger partial charge is 0.264 e. The van der Waals surface area contributed by atoms with E-state index >= 15 is 0 Å². The molecular weight excluding hydrogens is 624 g/mol. The number of hydrogen-bond acceptors (Lipinski definition) is 4. The minimum Gasteiger partial charge on any atom is -0.352 e. The molecule has 0 aliphatic carbocycles. The number of halogens is 3. The quantitative estimate of drug-likeness (QED) is 0.189. The minimum atomic E-state index is -4.31. The summed E-state index contributed by atoms with van der Waals surface area (Å²) in [6.07, 6.45) is 0.109. The maximum absolute atomic E-state index is 15.0. The lowest BCUT2D eigenvalue weighted by Gasteiger charge is -2.34. The number of sulfonamides is 1. The molecule has 4 rings (SSSR count). The van der Waals surface area contributed by atoms with Crippen molar-refractivity contribution in [3.63, 3.8) is 0 Å².